The molecule has 0 amide bonds. The first-order valence-corrected chi connectivity index (χ1v) is 6.00. The fraction of sp³-hybridized carbons (Fsp3) is 0.667. The Kier molecular flexibility index (Phi) is 2.32. The lowest BCUT2D eigenvalue weighted by Gasteiger charge is -2.18. The van der Waals surface area contributed by atoms with E-state index in [1.807, 2.05) is 20.0 Å². The van der Waals surface area contributed by atoms with Crippen LogP contribution in [0.4, 0.5) is 5.82 Å². The van der Waals surface area contributed by atoms with E-state index in [1.54, 1.807) is 0 Å². The fourth-order valence-corrected chi connectivity index (χ4v) is 2.72. The maximum atomic E-state index is 4.63. The Balaban J connectivity index is 1.81. The van der Waals surface area contributed by atoms with Crippen LogP contribution in [0.25, 0.3) is 0 Å². The van der Waals surface area contributed by atoms with Crippen LogP contribution in [0.3, 0.4) is 0 Å². The van der Waals surface area contributed by atoms with Gasteiger partial charge in [-0.25, -0.2) is 4.98 Å². The zero-order valence-corrected chi connectivity index (χ0v) is 9.90. The minimum atomic E-state index is 0.809. The molecule has 0 aliphatic carbocycles. The van der Waals surface area contributed by atoms with Crippen LogP contribution in [0.2, 0.25) is 0 Å². The molecule has 3 rings (SSSR count). The minimum Gasteiger partial charge on any atom is -0.355 e. The van der Waals surface area contributed by atoms with Crippen molar-refractivity contribution in [2.24, 2.45) is 11.8 Å². The van der Waals surface area contributed by atoms with Crippen LogP contribution in [-0.2, 0) is 0 Å². The van der Waals surface area contributed by atoms with Gasteiger partial charge in [0.15, 0.2) is 0 Å². The number of fused-ring (bicyclic) bond motifs is 1. The molecule has 4 nitrogen and oxygen atoms in total. The van der Waals surface area contributed by atoms with Gasteiger partial charge in [0.1, 0.15) is 5.82 Å². The van der Waals surface area contributed by atoms with Crippen LogP contribution < -0.4 is 10.2 Å². The van der Waals surface area contributed by atoms with E-state index in [0.717, 1.165) is 42.1 Å². The van der Waals surface area contributed by atoms with E-state index in [4.69, 9.17) is 0 Å². The molecule has 0 radical (unpaired) electrons. The number of aromatic nitrogens is 2. The van der Waals surface area contributed by atoms with Crippen molar-refractivity contribution in [2.45, 2.75) is 13.8 Å². The van der Waals surface area contributed by atoms with E-state index in [-0.39, 0.29) is 0 Å². The highest BCUT2D eigenvalue weighted by Crippen LogP contribution is 2.29. The normalized spacial score (nSPS) is 28.5. The molecule has 86 valence electrons. The molecule has 3 heterocycles. The van der Waals surface area contributed by atoms with Crippen LogP contribution in [0, 0.1) is 25.7 Å². The Labute approximate surface area is 96.1 Å². The highest BCUT2D eigenvalue weighted by Gasteiger charge is 2.36. The summed E-state index contributed by atoms with van der Waals surface area (Å²) in [6.45, 7) is 8.64. The zero-order valence-electron chi connectivity index (χ0n) is 9.90. The molecule has 1 aromatic rings. The summed E-state index contributed by atoms with van der Waals surface area (Å²) >= 11 is 0. The maximum Gasteiger partial charge on any atom is 0.147 e. The van der Waals surface area contributed by atoms with E-state index in [2.05, 4.69) is 20.2 Å². The summed E-state index contributed by atoms with van der Waals surface area (Å²) in [6, 6.07) is 0. The van der Waals surface area contributed by atoms with Gasteiger partial charge in [0, 0.05) is 26.2 Å². The molecule has 4 heteroatoms. The second kappa shape index (κ2) is 3.70. The third-order valence-electron chi connectivity index (χ3n) is 3.89. The van der Waals surface area contributed by atoms with Gasteiger partial charge in [-0.1, -0.05) is 0 Å². The number of nitrogens with zero attached hydrogens (tertiary/aromatic N) is 3. The van der Waals surface area contributed by atoms with E-state index >= 15 is 0 Å². The summed E-state index contributed by atoms with van der Waals surface area (Å²) in [5.74, 6) is 2.67. The molecule has 2 aliphatic heterocycles. The van der Waals surface area contributed by atoms with Crippen molar-refractivity contribution in [3.05, 3.63) is 17.6 Å². The second-order valence-corrected chi connectivity index (χ2v) is 4.98. The van der Waals surface area contributed by atoms with E-state index in [9.17, 15) is 0 Å². The molecule has 0 unspecified atom stereocenters. The van der Waals surface area contributed by atoms with Gasteiger partial charge in [-0.3, -0.25) is 4.98 Å². The smallest absolute Gasteiger partial charge is 0.147 e. The monoisotopic (exact) mass is 218 g/mol. The molecule has 0 spiro atoms. The Morgan fingerprint density at radius 3 is 2.50 bits per heavy atom. The van der Waals surface area contributed by atoms with Gasteiger partial charge in [-0.05, 0) is 25.7 Å². The summed E-state index contributed by atoms with van der Waals surface area (Å²) < 4.78 is 0. The van der Waals surface area contributed by atoms with Crippen LogP contribution in [0.1, 0.15) is 11.4 Å². The first kappa shape index (κ1) is 10.0. The lowest BCUT2D eigenvalue weighted by Crippen LogP contribution is -2.26. The molecule has 0 bridgehead atoms. The average molecular weight is 218 g/mol. The maximum absolute atomic E-state index is 4.63. The number of hydrogen-bond donors (Lipinski definition) is 1. The largest absolute Gasteiger partial charge is 0.355 e. The van der Waals surface area contributed by atoms with Gasteiger partial charge in [-0.15, -0.1) is 0 Å². The van der Waals surface area contributed by atoms with Crippen molar-refractivity contribution in [3.63, 3.8) is 0 Å². The van der Waals surface area contributed by atoms with Gasteiger partial charge < -0.3 is 10.2 Å². The third-order valence-corrected chi connectivity index (χ3v) is 3.89. The van der Waals surface area contributed by atoms with Gasteiger partial charge in [0.25, 0.3) is 0 Å². The molecule has 1 aromatic heterocycles. The first-order chi connectivity index (χ1) is 7.74. The van der Waals surface area contributed by atoms with Crippen molar-refractivity contribution in [1.82, 2.24) is 15.3 Å². The molecule has 0 aromatic carbocycles. The van der Waals surface area contributed by atoms with Crippen molar-refractivity contribution >= 4 is 5.82 Å². The zero-order chi connectivity index (χ0) is 11.1. The Hall–Kier alpha value is -1.16. The van der Waals surface area contributed by atoms with Crippen molar-refractivity contribution in [2.75, 3.05) is 31.1 Å². The summed E-state index contributed by atoms with van der Waals surface area (Å²) in [4.78, 5) is 11.4. The lowest BCUT2D eigenvalue weighted by molar-refractivity contribution is 0.533. The highest BCUT2D eigenvalue weighted by atomic mass is 15.2. The lowest BCUT2D eigenvalue weighted by atomic mass is 10.0. The number of rotatable bonds is 1. The molecule has 2 aliphatic rings. The average Bonchev–Trinajstić information content (AvgIpc) is 2.81. The third kappa shape index (κ3) is 1.57. The van der Waals surface area contributed by atoms with Crippen molar-refractivity contribution < 1.29 is 0 Å². The Morgan fingerprint density at radius 2 is 1.88 bits per heavy atom. The summed E-state index contributed by atoms with van der Waals surface area (Å²) in [5, 5.41) is 3.45. The van der Waals surface area contributed by atoms with Crippen molar-refractivity contribution in [1.29, 1.82) is 0 Å². The van der Waals surface area contributed by atoms with Crippen LogP contribution in [0.15, 0.2) is 6.20 Å². The highest BCUT2D eigenvalue weighted by molar-refractivity contribution is 5.39. The SMILES string of the molecule is Cc1ncc(N2C[C@H]3CNC[C@H]3C2)nc1C. The van der Waals surface area contributed by atoms with E-state index in [0.29, 0.717) is 0 Å². The molecule has 0 saturated carbocycles. The number of nitrogens with one attached hydrogen (secondary N) is 1. The van der Waals surface area contributed by atoms with Crippen LogP contribution in [0.5, 0.6) is 0 Å². The molecule has 2 fully saturated rings. The fourth-order valence-electron chi connectivity index (χ4n) is 2.72. The standard InChI is InChI=1S/C12H18N4/c1-8-9(2)15-12(5-14-8)16-6-10-3-13-4-11(10)7-16/h5,10-11,13H,3-4,6-7H2,1-2H3/t10-,11+. The molecule has 2 atom stereocenters. The van der Waals surface area contributed by atoms with E-state index < -0.39 is 0 Å². The van der Waals surface area contributed by atoms with E-state index in [1.165, 1.54) is 13.1 Å². The number of aryl methyl sites for hydroxylation is 2. The topological polar surface area (TPSA) is 41.1 Å². The van der Waals surface area contributed by atoms with Crippen LogP contribution in [-0.4, -0.2) is 36.1 Å². The molecular formula is C12H18N4. The molecule has 1 N–H and O–H groups in total. The number of hydrogen-bond acceptors (Lipinski definition) is 4. The summed E-state index contributed by atoms with van der Waals surface area (Å²) in [7, 11) is 0. The first-order valence-electron chi connectivity index (χ1n) is 6.00. The van der Waals surface area contributed by atoms with Gasteiger partial charge in [0.2, 0.25) is 0 Å². The predicted octanol–water partition coefficient (Wildman–Crippen LogP) is 0.749. The Morgan fingerprint density at radius 1 is 1.19 bits per heavy atom. The summed E-state index contributed by atoms with van der Waals surface area (Å²) in [6.07, 6.45) is 1.91. The van der Waals surface area contributed by atoms with Crippen molar-refractivity contribution in [3.8, 4) is 0 Å². The Bertz CT molecular complexity index is 392. The second-order valence-electron chi connectivity index (χ2n) is 4.98. The van der Waals surface area contributed by atoms with Crippen LogP contribution >= 0.6 is 0 Å². The molecule has 2 saturated heterocycles. The van der Waals surface area contributed by atoms with Gasteiger partial charge >= 0.3 is 0 Å². The number of anilines is 1. The predicted molar refractivity (Wildman–Crippen MR) is 63.6 cm³/mol. The minimum absolute atomic E-state index is 0.809. The molecule has 16 heavy (non-hydrogen) atoms. The quantitative estimate of drug-likeness (QED) is 0.755. The van der Waals surface area contributed by atoms with Gasteiger partial charge in [0.05, 0.1) is 17.6 Å². The van der Waals surface area contributed by atoms with Gasteiger partial charge in [-0.2, -0.15) is 0 Å². The summed E-state index contributed by atoms with van der Waals surface area (Å²) in [5.41, 5.74) is 2.08. The molecular weight excluding hydrogens is 200 g/mol.